The molecule has 0 spiro atoms. The lowest BCUT2D eigenvalue weighted by Gasteiger charge is -2.30. The first-order chi connectivity index (χ1) is 16.6. The van der Waals surface area contributed by atoms with E-state index < -0.39 is 0 Å². The van der Waals surface area contributed by atoms with Crippen LogP contribution in [-0.4, -0.2) is 28.9 Å². The Bertz CT molecular complexity index is 1330. The molecule has 5 rings (SSSR count). The highest BCUT2D eigenvalue weighted by molar-refractivity contribution is 7.80. The van der Waals surface area contributed by atoms with Crippen LogP contribution in [0.1, 0.15) is 23.5 Å². The number of aromatic nitrogens is 2. The van der Waals surface area contributed by atoms with Crippen molar-refractivity contribution in [2.75, 3.05) is 19.1 Å². The number of nitrogens with one attached hydrogen (secondary N) is 1. The fraction of sp³-hybridized carbons (Fsp3) is 0.154. The van der Waals surface area contributed by atoms with Gasteiger partial charge in [0, 0.05) is 34.9 Å². The molecular weight excluding hydrogens is 468 g/mol. The zero-order valence-corrected chi connectivity index (χ0v) is 20.3. The van der Waals surface area contributed by atoms with Crippen molar-refractivity contribution in [3.63, 3.8) is 0 Å². The molecule has 8 heteroatoms. The number of ether oxygens (including phenoxy) is 2. The summed E-state index contributed by atoms with van der Waals surface area (Å²) in [5, 5.41) is 4.76. The Balaban J connectivity index is 1.69. The molecule has 2 aromatic carbocycles. The van der Waals surface area contributed by atoms with Gasteiger partial charge in [-0.3, -0.25) is 4.98 Å². The van der Waals surface area contributed by atoms with Crippen LogP contribution in [0.2, 0.25) is 5.02 Å². The number of methoxy groups -OCH3 is 2. The second-order valence-electron chi connectivity index (χ2n) is 7.82. The van der Waals surface area contributed by atoms with Gasteiger partial charge >= 0.3 is 0 Å². The molecule has 0 bridgehead atoms. The van der Waals surface area contributed by atoms with E-state index in [1.54, 1.807) is 20.4 Å². The first-order valence-electron chi connectivity index (χ1n) is 10.8. The molecule has 1 aliphatic heterocycles. The summed E-state index contributed by atoms with van der Waals surface area (Å²) in [6, 6.07) is 23.1. The first kappa shape index (κ1) is 22.3. The molecule has 1 aliphatic rings. The summed E-state index contributed by atoms with van der Waals surface area (Å²) in [7, 11) is 3.28. The van der Waals surface area contributed by atoms with E-state index in [0.717, 1.165) is 22.8 Å². The highest BCUT2D eigenvalue weighted by Crippen LogP contribution is 2.45. The van der Waals surface area contributed by atoms with Crippen molar-refractivity contribution in [2.45, 2.75) is 12.1 Å². The van der Waals surface area contributed by atoms with Crippen LogP contribution in [0.25, 0.3) is 5.69 Å². The molecule has 6 nitrogen and oxygen atoms in total. The minimum Gasteiger partial charge on any atom is -0.497 e. The van der Waals surface area contributed by atoms with E-state index in [2.05, 4.69) is 25.8 Å². The van der Waals surface area contributed by atoms with E-state index in [1.807, 2.05) is 72.9 Å². The minimum atomic E-state index is -0.210. The smallest absolute Gasteiger partial charge is 0.174 e. The van der Waals surface area contributed by atoms with Crippen molar-refractivity contribution in [2.24, 2.45) is 0 Å². The fourth-order valence-corrected chi connectivity index (χ4v) is 4.92. The average molecular weight is 491 g/mol. The molecule has 0 unspecified atom stereocenters. The van der Waals surface area contributed by atoms with Crippen molar-refractivity contribution in [1.29, 1.82) is 0 Å². The summed E-state index contributed by atoms with van der Waals surface area (Å²) in [6.45, 7) is 0. The van der Waals surface area contributed by atoms with Crippen LogP contribution in [0.5, 0.6) is 11.5 Å². The van der Waals surface area contributed by atoms with Crippen LogP contribution in [0.15, 0.2) is 85.2 Å². The highest BCUT2D eigenvalue weighted by Gasteiger charge is 2.43. The zero-order valence-electron chi connectivity index (χ0n) is 18.7. The van der Waals surface area contributed by atoms with Crippen LogP contribution in [0.4, 0.5) is 5.69 Å². The van der Waals surface area contributed by atoms with Crippen molar-refractivity contribution in [3.05, 3.63) is 102 Å². The Morgan fingerprint density at radius 1 is 0.971 bits per heavy atom. The lowest BCUT2D eigenvalue weighted by molar-refractivity contribution is 0.394. The molecular formula is C26H23ClN4O2S. The molecule has 0 amide bonds. The molecule has 3 heterocycles. The molecule has 172 valence electrons. The van der Waals surface area contributed by atoms with Crippen LogP contribution in [0.3, 0.4) is 0 Å². The number of hydrogen-bond donors (Lipinski definition) is 1. The second kappa shape index (κ2) is 9.37. The normalized spacial score (nSPS) is 17.5. The number of thiocarbonyl (C=S) groups is 1. The Morgan fingerprint density at radius 3 is 2.59 bits per heavy atom. The standard InChI is InChI=1S/C26H23ClN4O2S/c1-32-19-11-12-21(23(16-19)33-2)31-25(24(29-26(31)34)20-9-3-4-13-28-20)22-10-6-14-30(22)18-8-5-7-17(27)15-18/h3-16,24-25H,1-2H3,(H,29,34)/t24-,25-/m0/s1. The van der Waals surface area contributed by atoms with Gasteiger partial charge in [0.05, 0.1) is 31.6 Å². The number of rotatable bonds is 6. The van der Waals surface area contributed by atoms with E-state index in [4.69, 9.17) is 33.3 Å². The number of pyridine rings is 1. The lowest BCUT2D eigenvalue weighted by Crippen LogP contribution is -2.30. The Hall–Kier alpha value is -3.55. The lowest BCUT2D eigenvalue weighted by atomic mass is 10.0. The highest BCUT2D eigenvalue weighted by atomic mass is 35.5. The summed E-state index contributed by atoms with van der Waals surface area (Å²) < 4.78 is 13.3. The maximum atomic E-state index is 6.32. The van der Waals surface area contributed by atoms with E-state index in [-0.39, 0.29) is 12.1 Å². The quantitative estimate of drug-likeness (QED) is 0.349. The van der Waals surface area contributed by atoms with E-state index >= 15 is 0 Å². The van der Waals surface area contributed by atoms with Crippen LogP contribution in [0, 0.1) is 0 Å². The van der Waals surface area contributed by atoms with Crippen molar-refractivity contribution >= 4 is 34.6 Å². The SMILES string of the molecule is COc1ccc(N2C(=S)N[C@@H](c3ccccn3)[C@@H]2c2cccn2-c2cccc(Cl)c2)c(OC)c1. The monoisotopic (exact) mass is 490 g/mol. The maximum Gasteiger partial charge on any atom is 0.174 e. The summed E-state index contributed by atoms with van der Waals surface area (Å²) in [6.07, 6.45) is 3.82. The molecule has 2 atom stereocenters. The number of anilines is 1. The topological polar surface area (TPSA) is 51.5 Å². The van der Waals surface area contributed by atoms with E-state index in [1.165, 1.54) is 0 Å². The van der Waals surface area contributed by atoms with Gasteiger partial charge in [-0.15, -0.1) is 0 Å². The van der Waals surface area contributed by atoms with Gasteiger partial charge in [-0.05, 0) is 66.8 Å². The molecule has 0 saturated carbocycles. The maximum absolute atomic E-state index is 6.32. The summed E-state index contributed by atoms with van der Waals surface area (Å²) >= 11 is 12.2. The van der Waals surface area contributed by atoms with Gasteiger partial charge in [-0.1, -0.05) is 23.7 Å². The Labute approximate surface area is 208 Å². The fourth-order valence-electron chi connectivity index (χ4n) is 4.39. The third kappa shape index (κ3) is 3.97. The van der Waals surface area contributed by atoms with Gasteiger partial charge in [-0.25, -0.2) is 0 Å². The van der Waals surface area contributed by atoms with Crippen molar-refractivity contribution in [3.8, 4) is 17.2 Å². The zero-order chi connectivity index (χ0) is 23.7. The molecule has 34 heavy (non-hydrogen) atoms. The van der Waals surface area contributed by atoms with Gasteiger partial charge in [-0.2, -0.15) is 0 Å². The van der Waals surface area contributed by atoms with E-state index in [9.17, 15) is 0 Å². The van der Waals surface area contributed by atoms with Gasteiger partial charge in [0.1, 0.15) is 17.5 Å². The summed E-state index contributed by atoms with van der Waals surface area (Å²) in [5.41, 5.74) is 3.72. The third-order valence-corrected chi connectivity index (χ3v) is 6.46. The van der Waals surface area contributed by atoms with Gasteiger partial charge in [0.25, 0.3) is 0 Å². The predicted octanol–water partition coefficient (Wildman–Crippen LogP) is 5.72. The van der Waals surface area contributed by atoms with Gasteiger partial charge in [0.2, 0.25) is 0 Å². The van der Waals surface area contributed by atoms with Gasteiger partial charge < -0.3 is 24.3 Å². The molecule has 2 aromatic heterocycles. The number of halogens is 1. The largest absolute Gasteiger partial charge is 0.497 e. The molecule has 1 N–H and O–H groups in total. The average Bonchev–Trinajstić information content (AvgIpc) is 3.48. The molecule has 0 radical (unpaired) electrons. The second-order valence-corrected chi connectivity index (χ2v) is 8.64. The molecule has 4 aromatic rings. The summed E-state index contributed by atoms with van der Waals surface area (Å²) in [5.74, 6) is 1.37. The van der Waals surface area contributed by atoms with Crippen LogP contribution >= 0.6 is 23.8 Å². The number of nitrogens with zero attached hydrogens (tertiary/aromatic N) is 3. The van der Waals surface area contributed by atoms with Crippen LogP contribution < -0.4 is 19.7 Å². The Kier molecular flexibility index (Phi) is 6.13. The van der Waals surface area contributed by atoms with Crippen molar-refractivity contribution in [1.82, 2.24) is 14.9 Å². The minimum absolute atomic E-state index is 0.187. The first-order valence-corrected chi connectivity index (χ1v) is 11.5. The van der Waals surface area contributed by atoms with Crippen LogP contribution in [-0.2, 0) is 0 Å². The number of hydrogen-bond acceptors (Lipinski definition) is 4. The van der Waals surface area contributed by atoms with Crippen molar-refractivity contribution < 1.29 is 9.47 Å². The van der Waals surface area contributed by atoms with Gasteiger partial charge in [0.15, 0.2) is 5.11 Å². The molecule has 0 aliphatic carbocycles. The van der Waals surface area contributed by atoms with E-state index in [0.29, 0.717) is 21.6 Å². The molecule has 1 fully saturated rings. The molecule has 1 saturated heterocycles. The Morgan fingerprint density at radius 2 is 1.85 bits per heavy atom. The summed E-state index contributed by atoms with van der Waals surface area (Å²) in [4.78, 5) is 6.73. The number of benzene rings is 2. The third-order valence-electron chi connectivity index (χ3n) is 5.91. The predicted molar refractivity (Wildman–Crippen MR) is 138 cm³/mol.